The second kappa shape index (κ2) is 3.97. The maximum Gasteiger partial charge on any atom is 0.248 e. The summed E-state index contributed by atoms with van der Waals surface area (Å²) in [7, 11) is 0. The van der Waals surface area contributed by atoms with Gasteiger partial charge in [-0.1, -0.05) is 0 Å². The van der Waals surface area contributed by atoms with Crippen LogP contribution in [0.25, 0.3) is 0 Å². The molecular weight excluding hydrogens is 228 g/mol. The van der Waals surface area contributed by atoms with Crippen molar-refractivity contribution in [2.75, 3.05) is 6.54 Å². The van der Waals surface area contributed by atoms with Gasteiger partial charge in [0.15, 0.2) is 0 Å². The Bertz CT molecular complexity index is 387. The molecule has 0 spiro atoms. The quantitative estimate of drug-likeness (QED) is 0.821. The molecule has 0 aromatic heterocycles. The van der Waals surface area contributed by atoms with Gasteiger partial charge >= 0.3 is 0 Å². The summed E-state index contributed by atoms with van der Waals surface area (Å²) in [5.41, 5.74) is -0.642. The zero-order chi connectivity index (χ0) is 12.9. The maximum absolute atomic E-state index is 12.8. The molecule has 3 rings (SSSR count). The first-order chi connectivity index (χ1) is 8.50. The van der Waals surface area contributed by atoms with Gasteiger partial charge in [0, 0.05) is 19.0 Å². The molecule has 2 amide bonds. The molecule has 3 fully saturated rings. The SMILES string of the molecule is CC1CC(=O)NC(C)(C2CC2)C(=O)N1CC1CC1. The average Bonchev–Trinajstić information content (AvgIpc) is 3.15. The number of nitrogens with zero attached hydrogens (tertiary/aromatic N) is 1. The second-order valence-electron chi connectivity index (χ2n) is 6.48. The van der Waals surface area contributed by atoms with Crippen molar-refractivity contribution in [1.29, 1.82) is 0 Å². The van der Waals surface area contributed by atoms with E-state index in [1.807, 2.05) is 18.7 Å². The molecule has 3 aliphatic rings. The van der Waals surface area contributed by atoms with Crippen LogP contribution in [0.2, 0.25) is 0 Å². The maximum atomic E-state index is 12.8. The van der Waals surface area contributed by atoms with Crippen LogP contribution in [0.15, 0.2) is 0 Å². The third-order valence-electron chi connectivity index (χ3n) is 4.66. The molecule has 0 aromatic carbocycles. The molecule has 0 aromatic rings. The number of rotatable bonds is 3. The van der Waals surface area contributed by atoms with Gasteiger partial charge in [0.1, 0.15) is 5.54 Å². The predicted molar refractivity (Wildman–Crippen MR) is 67.8 cm³/mol. The first kappa shape index (κ1) is 12.0. The molecule has 2 atom stereocenters. The second-order valence-corrected chi connectivity index (χ2v) is 6.48. The van der Waals surface area contributed by atoms with E-state index in [0.717, 1.165) is 19.4 Å². The fourth-order valence-corrected chi connectivity index (χ4v) is 3.05. The number of carbonyl (C=O) groups is 2. The Balaban J connectivity index is 1.86. The van der Waals surface area contributed by atoms with Crippen LogP contribution >= 0.6 is 0 Å². The van der Waals surface area contributed by atoms with Crippen molar-refractivity contribution in [3.63, 3.8) is 0 Å². The molecule has 2 aliphatic carbocycles. The molecule has 4 heteroatoms. The van der Waals surface area contributed by atoms with Crippen LogP contribution in [-0.4, -0.2) is 34.8 Å². The zero-order valence-corrected chi connectivity index (χ0v) is 11.2. The summed E-state index contributed by atoms with van der Waals surface area (Å²) < 4.78 is 0. The summed E-state index contributed by atoms with van der Waals surface area (Å²) in [6.07, 6.45) is 5.04. The van der Waals surface area contributed by atoms with Crippen molar-refractivity contribution in [3.8, 4) is 0 Å². The highest BCUT2D eigenvalue weighted by Crippen LogP contribution is 2.42. The van der Waals surface area contributed by atoms with Crippen LogP contribution in [0, 0.1) is 11.8 Å². The van der Waals surface area contributed by atoms with E-state index in [1.54, 1.807) is 0 Å². The monoisotopic (exact) mass is 250 g/mol. The lowest BCUT2D eigenvalue weighted by molar-refractivity contribution is -0.140. The van der Waals surface area contributed by atoms with Gasteiger partial charge in [0.2, 0.25) is 11.8 Å². The summed E-state index contributed by atoms with van der Waals surface area (Å²) in [6.45, 7) is 4.76. The molecule has 0 bridgehead atoms. The van der Waals surface area contributed by atoms with E-state index < -0.39 is 5.54 Å². The van der Waals surface area contributed by atoms with Crippen molar-refractivity contribution < 1.29 is 9.59 Å². The molecular formula is C14H22N2O2. The Morgan fingerprint density at radius 1 is 1.28 bits per heavy atom. The van der Waals surface area contributed by atoms with E-state index in [1.165, 1.54) is 12.8 Å². The highest BCUT2D eigenvalue weighted by molar-refractivity contribution is 5.94. The van der Waals surface area contributed by atoms with Gasteiger partial charge in [-0.25, -0.2) is 0 Å². The third kappa shape index (κ3) is 2.02. The summed E-state index contributed by atoms with van der Waals surface area (Å²) in [6, 6.07) is 0.0404. The summed E-state index contributed by atoms with van der Waals surface area (Å²) in [4.78, 5) is 26.7. The Hall–Kier alpha value is -1.06. The highest BCUT2D eigenvalue weighted by Gasteiger charge is 2.52. The van der Waals surface area contributed by atoms with Gasteiger partial charge < -0.3 is 10.2 Å². The van der Waals surface area contributed by atoms with Gasteiger partial charge in [-0.2, -0.15) is 0 Å². The molecule has 2 saturated carbocycles. The van der Waals surface area contributed by atoms with Gasteiger partial charge in [-0.15, -0.1) is 0 Å². The number of hydrogen-bond acceptors (Lipinski definition) is 2. The van der Waals surface area contributed by atoms with Gasteiger partial charge in [-0.05, 0) is 51.4 Å². The van der Waals surface area contributed by atoms with E-state index in [-0.39, 0.29) is 17.9 Å². The van der Waals surface area contributed by atoms with Crippen LogP contribution in [-0.2, 0) is 9.59 Å². The lowest BCUT2D eigenvalue weighted by atomic mass is 9.94. The molecule has 1 aliphatic heterocycles. The summed E-state index contributed by atoms with van der Waals surface area (Å²) >= 11 is 0. The predicted octanol–water partition coefficient (Wildman–Crippen LogP) is 1.30. The van der Waals surface area contributed by atoms with Crippen molar-refractivity contribution >= 4 is 11.8 Å². The van der Waals surface area contributed by atoms with Gasteiger partial charge in [-0.3, -0.25) is 9.59 Å². The van der Waals surface area contributed by atoms with E-state index in [2.05, 4.69) is 5.32 Å². The molecule has 100 valence electrons. The van der Waals surface area contributed by atoms with Crippen LogP contribution in [0.1, 0.15) is 46.0 Å². The van der Waals surface area contributed by atoms with Crippen LogP contribution in [0.3, 0.4) is 0 Å². The molecule has 2 unspecified atom stereocenters. The van der Waals surface area contributed by atoms with E-state index in [9.17, 15) is 9.59 Å². The lowest BCUT2D eigenvalue weighted by Gasteiger charge is -2.34. The van der Waals surface area contributed by atoms with Crippen LogP contribution < -0.4 is 5.32 Å². The fraction of sp³-hybridized carbons (Fsp3) is 0.857. The topological polar surface area (TPSA) is 49.4 Å². The smallest absolute Gasteiger partial charge is 0.248 e. The number of amides is 2. The van der Waals surface area contributed by atoms with E-state index >= 15 is 0 Å². The number of carbonyl (C=O) groups excluding carboxylic acids is 2. The Morgan fingerprint density at radius 2 is 1.94 bits per heavy atom. The normalized spacial score (nSPS) is 37.4. The highest BCUT2D eigenvalue weighted by atomic mass is 16.2. The standard InChI is InChI=1S/C14H22N2O2/c1-9-7-12(17)15-14(2,11-5-6-11)13(18)16(9)8-10-3-4-10/h9-11H,3-8H2,1-2H3,(H,15,17). The minimum atomic E-state index is -0.642. The summed E-state index contributed by atoms with van der Waals surface area (Å²) in [5, 5.41) is 2.99. The van der Waals surface area contributed by atoms with Gasteiger partial charge in [0.25, 0.3) is 0 Å². The molecule has 4 nitrogen and oxygen atoms in total. The largest absolute Gasteiger partial charge is 0.342 e. The van der Waals surface area contributed by atoms with Crippen molar-refractivity contribution in [1.82, 2.24) is 10.2 Å². The minimum Gasteiger partial charge on any atom is -0.342 e. The summed E-state index contributed by atoms with van der Waals surface area (Å²) in [5.74, 6) is 1.20. The first-order valence-corrected chi connectivity index (χ1v) is 7.13. The van der Waals surface area contributed by atoms with E-state index in [0.29, 0.717) is 18.3 Å². The molecule has 1 saturated heterocycles. The minimum absolute atomic E-state index is 0.0311. The molecule has 1 heterocycles. The Labute approximate surface area is 108 Å². The van der Waals surface area contributed by atoms with Crippen LogP contribution in [0.4, 0.5) is 0 Å². The van der Waals surface area contributed by atoms with Crippen molar-refractivity contribution in [2.45, 2.75) is 57.5 Å². The average molecular weight is 250 g/mol. The number of nitrogens with one attached hydrogen (secondary N) is 1. The Kier molecular flexibility index (Phi) is 2.65. The van der Waals surface area contributed by atoms with Crippen molar-refractivity contribution in [2.24, 2.45) is 11.8 Å². The van der Waals surface area contributed by atoms with Crippen molar-refractivity contribution in [3.05, 3.63) is 0 Å². The van der Waals surface area contributed by atoms with Gasteiger partial charge in [0.05, 0.1) is 0 Å². The lowest BCUT2D eigenvalue weighted by Crippen LogP contribution is -2.57. The first-order valence-electron chi connectivity index (χ1n) is 7.13. The zero-order valence-electron chi connectivity index (χ0n) is 11.2. The third-order valence-corrected chi connectivity index (χ3v) is 4.66. The van der Waals surface area contributed by atoms with Crippen LogP contribution in [0.5, 0.6) is 0 Å². The number of hydrogen-bond donors (Lipinski definition) is 1. The molecule has 18 heavy (non-hydrogen) atoms. The molecule has 1 N–H and O–H groups in total. The fourth-order valence-electron chi connectivity index (χ4n) is 3.05. The molecule has 0 radical (unpaired) electrons. The van der Waals surface area contributed by atoms with E-state index in [4.69, 9.17) is 0 Å². The Morgan fingerprint density at radius 3 is 2.50 bits per heavy atom.